The van der Waals surface area contributed by atoms with Crippen molar-refractivity contribution in [2.45, 2.75) is 20.4 Å². The Bertz CT molecular complexity index is 393. The van der Waals surface area contributed by atoms with Gasteiger partial charge in [0.25, 0.3) is 0 Å². The average Bonchev–Trinajstić information content (AvgIpc) is 2.45. The van der Waals surface area contributed by atoms with Crippen LogP contribution in [0.5, 0.6) is 5.88 Å². The van der Waals surface area contributed by atoms with E-state index in [1.807, 2.05) is 6.07 Å². The first kappa shape index (κ1) is 16.2. The molecule has 2 amide bonds. The summed E-state index contributed by atoms with van der Waals surface area (Å²) in [5, 5.41) is 5.48. The second-order valence-electron chi connectivity index (χ2n) is 4.79. The molecule has 0 spiro atoms. The molecule has 0 atom stereocenters. The summed E-state index contributed by atoms with van der Waals surface area (Å²) in [5.74, 6) is 1.06. The lowest BCUT2D eigenvalue weighted by Gasteiger charge is -2.09. The fourth-order valence-electron chi connectivity index (χ4n) is 1.44. The summed E-state index contributed by atoms with van der Waals surface area (Å²) in [5.41, 5.74) is 0.914. The Kier molecular flexibility index (Phi) is 7.42. The summed E-state index contributed by atoms with van der Waals surface area (Å²) in [6, 6.07) is 3.40. The van der Waals surface area contributed by atoms with Gasteiger partial charge in [0.05, 0.1) is 13.7 Å². The van der Waals surface area contributed by atoms with Gasteiger partial charge in [0.2, 0.25) is 5.88 Å². The van der Waals surface area contributed by atoms with Crippen molar-refractivity contribution in [2.75, 3.05) is 26.9 Å². The summed E-state index contributed by atoms with van der Waals surface area (Å²) in [6.07, 6.45) is 1.67. The first-order chi connectivity index (χ1) is 9.61. The van der Waals surface area contributed by atoms with Crippen molar-refractivity contribution in [3.05, 3.63) is 23.9 Å². The van der Waals surface area contributed by atoms with Crippen molar-refractivity contribution in [1.82, 2.24) is 15.6 Å². The Labute approximate surface area is 119 Å². The van der Waals surface area contributed by atoms with Gasteiger partial charge < -0.3 is 20.1 Å². The lowest BCUT2D eigenvalue weighted by Crippen LogP contribution is -2.37. The molecule has 0 aliphatic carbocycles. The van der Waals surface area contributed by atoms with E-state index in [2.05, 4.69) is 29.5 Å². The highest BCUT2D eigenvalue weighted by atomic mass is 16.5. The highest BCUT2D eigenvalue weighted by Crippen LogP contribution is 2.05. The average molecular weight is 281 g/mol. The van der Waals surface area contributed by atoms with Gasteiger partial charge in [-0.05, 0) is 11.5 Å². The van der Waals surface area contributed by atoms with Crippen molar-refractivity contribution in [2.24, 2.45) is 5.92 Å². The molecule has 20 heavy (non-hydrogen) atoms. The zero-order valence-corrected chi connectivity index (χ0v) is 12.3. The minimum Gasteiger partial charge on any atom is -0.481 e. The Balaban J connectivity index is 2.13. The number of hydrogen-bond acceptors (Lipinski definition) is 4. The molecule has 0 saturated heterocycles. The van der Waals surface area contributed by atoms with Crippen molar-refractivity contribution >= 4 is 6.03 Å². The molecular formula is C14H23N3O3. The fourth-order valence-corrected chi connectivity index (χ4v) is 1.44. The van der Waals surface area contributed by atoms with Gasteiger partial charge >= 0.3 is 6.03 Å². The lowest BCUT2D eigenvalue weighted by atomic mass is 10.2. The van der Waals surface area contributed by atoms with Crippen LogP contribution >= 0.6 is 0 Å². The van der Waals surface area contributed by atoms with Crippen molar-refractivity contribution in [3.8, 4) is 5.88 Å². The number of rotatable bonds is 8. The van der Waals surface area contributed by atoms with E-state index in [1.165, 1.54) is 0 Å². The molecule has 0 saturated carbocycles. The molecular weight excluding hydrogens is 258 g/mol. The third-order valence-corrected chi connectivity index (χ3v) is 2.44. The lowest BCUT2D eigenvalue weighted by molar-refractivity contribution is 0.112. The van der Waals surface area contributed by atoms with E-state index >= 15 is 0 Å². The van der Waals surface area contributed by atoms with Crippen LogP contribution < -0.4 is 15.4 Å². The molecule has 0 radical (unpaired) electrons. The number of hydrogen-bond donors (Lipinski definition) is 2. The summed E-state index contributed by atoms with van der Waals surface area (Å²) < 4.78 is 10.3. The molecule has 6 nitrogen and oxygen atoms in total. The maximum Gasteiger partial charge on any atom is 0.315 e. The van der Waals surface area contributed by atoms with E-state index in [0.717, 1.165) is 5.56 Å². The number of methoxy groups -OCH3 is 1. The Morgan fingerprint density at radius 1 is 1.35 bits per heavy atom. The molecule has 112 valence electrons. The number of urea groups is 1. The van der Waals surface area contributed by atoms with Gasteiger partial charge in [-0.15, -0.1) is 0 Å². The molecule has 2 N–H and O–H groups in total. The summed E-state index contributed by atoms with van der Waals surface area (Å²) in [4.78, 5) is 15.6. The first-order valence-corrected chi connectivity index (χ1v) is 6.70. The highest BCUT2D eigenvalue weighted by molar-refractivity contribution is 5.73. The van der Waals surface area contributed by atoms with Crippen LogP contribution in [0.3, 0.4) is 0 Å². The molecule has 0 aliphatic heterocycles. The fraction of sp³-hybridized carbons (Fsp3) is 0.571. The van der Waals surface area contributed by atoms with Gasteiger partial charge in [0.15, 0.2) is 0 Å². The van der Waals surface area contributed by atoms with Crippen LogP contribution in [-0.2, 0) is 11.3 Å². The normalized spacial score (nSPS) is 10.4. The van der Waals surface area contributed by atoms with Gasteiger partial charge in [0, 0.05) is 32.0 Å². The second kappa shape index (κ2) is 9.14. The maximum absolute atomic E-state index is 11.5. The standard InChI is InChI=1S/C14H23N3O3/c1-11(2)10-20-7-6-15-14(18)17-9-12-4-5-13(19-3)16-8-12/h4-5,8,11H,6-7,9-10H2,1-3H3,(H2,15,17,18). The van der Waals surface area contributed by atoms with E-state index in [-0.39, 0.29) is 6.03 Å². The minimum absolute atomic E-state index is 0.214. The predicted octanol–water partition coefficient (Wildman–Crippen LogP) is 1.56. The zero-order valence-electron chi connectivity index (χ0n) is 12.3. The number of ether oxygens (including phenoxy) is 2. The quantitative estimate of drug-likeness (QED) is 0.709. The topological polar surface area (TPSA) is 72.5 Å². The van der Waals surface area contributed by atoms with Crippen LogP contribution in [0.4, 0.5) is 4.79 Å². The van der Waals surface area contributed by atoms with E-state index in [1.54, 1.807) is 19.4 Å². The highest BCUT2D eigenvalue weighted by Gasteiger charge is 2.01. The molecule has 1 heterocycles. The predicted molar refractivity (Wildman–Crippen MR) is 76.7 cm³/mol. The molecule has 0 fully saturated rings. The van der Waals surface area contributed by atoms with Crippen molar-refractivity contribution < 1.29 is 14.3 Å². The molecule has 0 bridgehead atoms. The Morgan fingerprint density at radius 3 is 2.75 bits per heavy atom. The first-order valence-electron chi connectivity index (χ1n) is 6.70. The number of nitrogens with zero attached hydrogens (tertiary/aromatic N) is 1. The van der Waals surface area contributed by atoms with Crippen LogP contribution in [-0.4, -0.2) is 37.9 Å². The van der Waals surface area contributed by atoms with Gasteiger partial charge in [-0.1, -0.05) is 19.9 Å². The second-order valence-corrected chi connectivity index (χ2v) is 4.79. The van der Waals surface area contributed by atoms with Crippen LogP contribution in [0.15, 0.2) is 18.3 Å². The molecule has 0 aliphatic rings. The van der Waals surface area contributed by atoms with E-state index in [0.29, 0.717) is 38.1 Å². The van der Waals surface area contributed by atoms with Crippen LogP contribution in [0.25, 0.3) is 0 Å². The maximum atomic E-state index is 11.5. The number of aromatic nitrogens is 1. The van der Waals surface area contributed by atoms with Crippen molar-refractivity contribution in [1.29, 1.82) is 0 Å². The summed E-state index contributed by atoms with van der Waals surface area (Å²) >= 11 is 0. The number of pyridine rings is 1. The Morgan fingerprint density at radius 2 is 2.15 bits per heavy atom. The summed E-state index contributed by atoms with van der Waals surface area (Å²) in [7, 11) is 1.56. The number of amides is 2. The van der Waals surface area contributed by atoms with Crippen LogP contribution in [0.2, 0.25) is 0 Å². The van der Waals surface area contributed by atoms with Gasteiger partial charge in [-0.3, -0.25) is 0 Å². The SMILES string of the molecule is COc1ccc(CNC(=O)NCCOCC(C)C)cn1. The molecule has 1 rings (SSSR count). The van der Waals surface area contributed by atoms with Gasteiger partial charge in [0.1, 0.15) is 0 Å². The largest absolute Gasteiger partial charge is 0.481 e. The number of nitrogens with one attached hydrogen (secondary N) is 2. The van der Waals surface area contributed by atoms with Crippen LogP contribution in [0.1, 0.15) is 19.4 Å². The van der Waals surface area contributed by atoms with E-state index in [9.17, 15) is 4.79 Å². The molecule has 1 aromatic heterocycles. The smallest absolute Gasteiger partial charge is 0.315 e. The zero-order chi connectivity index (χ0) is 14.8. The molecule has 0 aromatic carbocycles. The minimum atomic E-state index is -0.214. The number of carbonyl (C=O) groups is 1. The van der Waals surface area contributed by atoms with Crippen LogP contribution in [0, 0.1) is 5.92 Å². The van der Waals surface area contributed by atoms with Crippen molar-refractivity contribution in [3.63, 3.8) is 0 Å². The van der Waals surface area contributed by atoms with E-state index in [4.69, 9.17) is 9.47 Å². The Hall–Kier alpha value is -1.82. The third kappa shape index (κ3) is 6.94. The van der Waals surface area contributed by atoms with Gasteiger partial charge in [-0.25, -0.2) is 9.78 Å². The molecule has 1 aromatic rings. The molecule has 6 heteroatoms. The summed E-state index contributed by atoms with van der Waals surface area (Å²) in [6.45, 7) is 6.33. The van der Waals surface area contributed by atoms with Gasteiger partial charge in [-0.2, -0.15) is 0 Å². The molecule has 0 unspecified atom stereocenters. The monoisotopic (exact) mass is 281 g/mol. The third-order valence-electron chi connectivity index (χ3n) is 2.44. The van der Waals surface area contributed by atoms with E-state index < -0.39 is 0 Å². The number of carbonyl (C=O) groups excluding carboxylic acids is 1.